The molecule has 0 spiro atoms. The summed E-state index contributed by atoms with van der Waals surface area (Å²) in [5, 5.41) is 0. The van der Waals surface area contributed by atoms with Gasteiger partial charge in [0.25, 0.3) is 10.0 Å². The number of hydrogen-bond acceptors (Lipinski definition) is 3. The topological polar surface area (TPSA) is 46.6 Å². The van der Waals surface area contributed by atoms with E-state index in [1.807, 2.05) is 30.3 Å². The van der Waals surface area contributed by atoms with Crippen molar-refractivity contribution < 1.29 is 13.3 Å². The Kier molecular flexibility index (Phi) is 4.49. The van der Waals surface area contributed by atoms with Crippen LogP contribution in [0, 0.1) is 0 Å². The van der Waals surface area contributed by atoms with Crippen LogP contribution < -0.4 is 0 Å². The fourth-order valence-corrected chi connectivity index (χ4v) is 4.33. The maximum atomic E-state index is 12.7. The van der Waals surface area contributed by atoms with Crippen LogP contribution in [0.25, 0.3) is 0 Å². The van der Waals surface area contributed by atoms with Crippen LogP contribution in [0.2, 0.25) is 0 Å². The minimum Gasteiger partial charge on any atom is -0.276 e. The second-order valence-corrected chi connectivity index (χ2v) is 7.21. The number of hydrogen-bond donors (Lipinski definition) is 0. The van der Waals surface area contributed by atoms with Crippen molar-refractivity contribution in [3.63, 3.8) is 0 Å². The normalized spacial score (nSPS) is 22.8. The molecule has 0 saturated carbocycles. The SMILES string of the molecule is O=S(=O)(c1ccccc1)N1OC(c2ccccc2)CC1CCl. The van der Waals surface area contributed by atoms with Crippen LogP contribution in [0.15, 0.2) is 65.6 Å². The first-order valence-corrected chi connectivity index (χ1v) is 8.97. The summed E-state index contributed by atoms with van der Waals surface area (Å²) in [4.78, 5) is 5.94. The van der Waals surface area contributed by atoms with Gasteiger partial charge in [0.05, 0.1) is 10.9 Å². The molecule has 2 aromatic rings. The van der Waals surface area contributed by atoms with E-state index in [0.717, 1.165) is 10.0 Å². The molecule has 3 rings (SSSR count). The van der Waals surface area contributed by atoms with Crippen LogP contribution in [-0.4, -0.2) is 24.8 Å². The van der Waals surface area contributed by atoms with Gasteiger partial charge in [0.1, 0.15) is 6.10 Å². The van der Waals surface area contributed by atoms with E-state index in [1.54, 1.807) is 30.3 Å². The van der Waals surface area contributed by atoms with Gasteiger partial charge in [0.15, 0.2) is 0 Å². The molecule has 1 aliphatic heterocycles. The van der Waals surface area contributed by atoms with Gasteiger partial charge in [-0.05, 0) is 17.7 Å². The van der Waals surface area contributed by atoms with Gasteiger partial charge in [-0.3, -0.25) is 4.84 Å². The number of sulfonamides is 1. The molecule has 1 fully saturated rings. The van der Waals surface area contributed by atoms with Gasteiger partial charge in [-0.1, -0.05) is 53.0 Å². The Morgan fingerprint density at radius 3 is 2.23 bits per heavy atom. The number of rotatable bonds is 4. The lowest BCUT2D eigenvalue weighted by Crippen LogP contribution is -2.35. The molecule has 1 heterocycles. The Hall–Kier alpha value is -1.40. The standard InChI is InChI=1S/C16H16ClNO3S/c17-12-14-11-16(13-7-3-1-4-8-13)21-18(14)22(19,20)15-9-5-2-6-10-15/h1-10,14,16H,11-12H2. The first-order chi connectivity index (χ1) is 10.6. The van der Waals surface area contributed by atoms with Gasteiger partial charge in [0, 0.05) is 12.3 Å². The van der Waals surface area contributed by atoms with Crippen LogP contribution in [0.4, 0.5) is 0 Å². The van der Waals surface area contributed by atoms with Gasteiger partial charge < -0.3 is 0 Å². The third kappa shape index (κ3) is 2.90. The van der Waals surface area contributed by atoms with E-state index < -0.39 is 10.0 Å². The molecule has 4 nitrogen and oxygen atoms in total. The minimum atomic E-state index is -3.71. The van der Waals surface area contributed by atoms with Gasteiger partial charge in [-0.2, -0.15) is 0 Å². The van der Waals surface area contributed by atoms with E-state index in [0.29, 0.717) is 6.42 Å². The molecule has 0 aromatic heterocycles. The summed E-state index contributed by atoms with van der Waals surface area (Å²) in [6, 6.07) is 17.5. The quantitative estimate of drug-likeness (QED) is 0.804. The highest BCUT2D eigenvalue weighted by atomic mass is 35.5. The molecule has 0 N–H and O–H groups in total. The number of benzene rings is 2. The Bertz CT molecular complexity index is 722. The van der Waals surface area contributed by atoms with Gasteiger partial charge in [-0.15, -0.1) is 11.6 Å². The average molecular weight is 338 g/mol. The highest BCUT2D eigenvalue weighted by Crippen LogP contribution is 2.37. The number of alkyl halides is 1. The molecular formula is C16H16ClNO3S. The largest absolute Gasteiger partial charge is 0.276 e. The van der Waals surface area contributed by atoms with E-state index in [-0.39, 0.29) is 22.9 Å². The summed E-state index contributed by atoms with van der Waals surface area (Å²) in [6.07, 6.45) is 0.239. The average Bonchev–Trinajstić information content (AvgIpc) is 3.02. The molecule has 2 atom stereocenters. The van der Waals surface area contributed by atoms with E-state index in [2.05, 4.69) is 0 Å². The zero-order chi connectivity index (χ0) is 15.6. The smallest absolute Gasteiger partial charge is 0.265 e. The second-order valence-electron chi connectivity index (χ2n) is 5.12. The van der Waals surface area contributed by atoms with Gasteiger partial charge in [-0.25, -0.2) is 8.42 Å². The van der Waals surface area contributed by atoms with Crippen molar-refractivity contribution in [1.29, 1.82) is 0 Å². The molecule has 0 amide bonds. The summed E-state index contributed by atoms with van der Waals surface area (Å²) in [5.74, 6) is 0.190. The molecule has 6 heteroatoms. The van der Waals surface area contributed by atoms with Crippen LogP contribution >= 0.6 is 11.6 Å². The van der Waals surface area contributed by atoms with Crippen LogP contribution in [0.3, 0.4) is 0 Å². The predicted molar refractivity (Wildman–Crippen MR) is 84.9 cm³/mol. The van der Waals surface area contributed by atoms with E-state index in [1.165, 1.54) is 0 Å². The lowest BCUT2D eigenvalue weighted by atomic mass is 10.0. The van der Waals surface area contributed by atoms with Gasteiger partial charge >= 0.3 is 0 Å². The monoisotopic (exact) mass is 337 g/mol. The van der Waals surface area contributed by atoms with Crippen LogP contribution in [-0.2, 0) is 14.9 Å². The predicted octanol–water partition coefficient (Wildman–Crippen LogP) is 3.36. The molecule has 2 unspecified atom stereocenters. The summed E-state index contributed by atoms with van der Waals surface area (Å²) in [7, 11) is -3.71. The molecule has 22 heavy (non-hydrogen) atoms. The van der Waals surface area contributed by atoms with Crippen molar-refractivity contribution in [3.05, 3.63) is 66.2 Å². The number of hydroxylamine groups is 1. The van der Waals surface area contributed by atoms with E-state index in [4.69, 9.17) is 16.4 Å². The lowest BCUT2D eigenvalue weighted by molar-refractivity contribution is -0.0886. The molecule has 0 bridgehead atoms. The summed E-state index contributed by atoms with van der Waals surface area (Å²) in [5.41, 5.74) is 0.948. The minimum absolute atomic E-state index is 0.190. The summed E-state index contributed by atoms with van der Waals surface area (Å²) in [6.45, 7) is 0. The molecule has 116 valence electrons. The molecule has 1 aliphatic rings. The Morgan fingerprint density at radius 2 is 1.64 bits per heavy atom. The Morgan fingerprint density at radius 1 is 1.05 bits per heavy atom. The highest BCUT2D eigenvalue weighted by molar-refractivity contribution is 7.89. The molecule has 2 aromatic carbocycles. The highest BCUT2D eigenvalue weighted by Gasteiger charge is 2.41. The molecule has 0 radical (unpaired) electrons. The molecule has 1 saturated heterocycles. The van der Waals surface area contributed by atoms with Crippen molar-refractivity contribution in [3.8, 4) is 0 Å². The van der Waals surface area contributed by atoms with Crippen molar-refractivity contribution in [2.75, 3.05) is 5.88 Å². The van der Waals surface area contributed by atoms with Crippen molar-refractivity contribution >= 4 is 21.6 Å². The van der Waals surface area contributed by atoms with Gasteiger partial charge in [0.2, 0.25) is 0 Å². The van der Waals surface area contributed by atoms with Crippen LogP contribution in [0.1, 0.15) is 18.1 Å². The van der Waals surface area contributed by atoms with Crippen LogP contribution in [0.5, 0.6) is 0 Å². The first kappa shape index (κ1) is 15.5. The molecular weight excluding hydrogens is 322 g/mol. The number of halogens is 1. The zero-order valence-electron chi connectivity index (χ0n) is 11.8. The van der Waals surface area contributed by atoms with E-state index in [9.17, 15) is 8.42 Å². The number of nitrogens with zero attached hydrogens (tertiary/aromatic N) is 1. The first-order valence-electron chi connectivity index (χ1n) is 7.00. The summed E-state index contributed by atoms with van der Waals surface area (Å²) < 4.78 is 26.5. The van der Waals surface area contributed by atoms with Crippen molar-refractivity contribution in [2.45, 2.75) is 23.5 Å². The fourth-order valence-electron chi connectivity index (χ4n) is 2.52. The lowest BCUT2D eigenvalue weighted by Gasteiger charge is -2.20. The maximum absolute atomic E-state index is 12.7. The molecule has 0 aliphatic carbocycles. The second kappa shape index (κ2) is 6.38. The van der Waals surface area contributed by atoms with E-state index >= 15 is 0 Å². The Labute approximate surface area is 135 Å². The summed E-state index contributed by atoms with van der Waals surface area (Å²) >= 11 is 5.96. The third-order valence-electron chi connectivity index (χ3n) is 3.64. The Balaban J connectivity index is 1.90. The maximum Gasteiger partial charge on any atom is 0.265 e. The fraction of sp³-hybridized carbons (Fsp3) is 0.250. The third-order valence-corrected chi connectivity index (χ3v) is 5.72. The van der Waals surface area contributed by atoms with Crippen molar-refractivity contribution in [2.24, 2.45) is 0 Å². The zero-order valence-corrected chi connectivity index (χ0v) is 13.4. The van der Waals surface area contributed by atoms with Crippen molar-refractivity contribution in [1.82, 2.24) is 4.47 Å².